The van der Waals surface area contributed by atoms with Crippen molar-refractivity contribution < 1.29 is 28.1 Å². The minimum absolute atomic E-state index is 0.0354. The highest BCUT2D eigenvalue weighted by Crippen LogP contribution is 2.48. The second-order valence-corrected chi connectivity index (χ2v) is 11.8. The fourth-order valence-electron chi connectivity index (χ4n) is 5.66. The van der Waals surface area contributed by atoms with Crippen molar-refractivity contribution in [3.05, 3.63) is 35.4 Å². The summed E-state index contributed by atoms with van der Waals surface area (Å²) in [5, 5.41) is 15.4. The fraction of sp³-hybridized carbons (Fsp3) is 0.615. The fourth-order valence-corrected chi connectivity index (χ4v) is 6.35. The number of rotatable bonds is 10. The van der Waals surface area contributed by atoms with E-state index in [9.17, 15) is 13.9 Å². The molecule has 0 bridgehead atoms. The van der Waals surface area contributed by atoms with E-state index in [1.807, 2.05) is 18.9 Å². The maximum Gasteiger partial charge on any atom is 0.191 e. The summed E-state index contributed by atoms with van der Waals surface area (Å²) in [7, 11) is 0. The molecule has 13 heteroatoms. The van der Waals surface area contributed by atoms with Gasteiger partial charge in [-0.05, 0) is 44.4 Å². The molecular weight excluding hydrogens is 530 g/mol. The average molecular weight is 565 g/mol. The van der Waals surface area contributed by atoms with E-state index in [1.165, 1.54) is 12.1 Å². The molecule has 2 aliphatic heterocycles. The van der Waals surface area contributed by atoms with E-state index in [4.69, 9.17) is 24.2 Å². The van der Waals surface area contributed by atoms with Gasteiger partial charge in [-0.1, -0.05) is 24.8 Å². The molecule has 6 rings (SSSR count). The Hall–Kier alpha value is -2.29. The lowest BCUT2D eigenvalue weighted by Gasteiger charge is -2.29. The molecule has 1 aromatic carbocycles. The lowest BCUT2D eigenvalue weighted by Crippen LogP contribution is -2.50. The van der Waals surface area contributed by atoms with Gasteiger partial charge in [0.25, 0.3) is 0 Å². The molecule has 3 fully saturated rings. The molecule has 10 nitrogen and oxygen atoms in total. The smallest absolute Gasteiger partial charge is 0.191 e. The minimum Gasteiger partial charge on any atom is -0.394 e. The Morgan fingerprint density at radius 1 is 1.21 bits per heavy atom. The van der Waals surface area contributed by atoms with Gasteiger partial charge < -0.3 is 24.6 Å². The van der Waals surface area contributed by atoms with Crippen LogP contribution < -0.4 is 21.3 Å². The van der Waals surface area contributed by atoms with E-state index in [1.54, 1.807) is 17.8 Å². The average Bonchev–Trinajstić information content (AvgIpc) is 3.24. The van der Waals surface area contributed by atoms with Crippen LogP contribution in [0.2, 0.25) is 0 Å². The first kappa shape index (κ1) is 26.9. The van der Waals surface area contributed by atoms with Crippen molar-refractivity contribution in [1.82, 2.24) is 15.5 Å². The topological polar surface area (TPSA) is 113 Å². The lowest BCUT2D eigenvalue weighted by molar-refractivity contribution is -0.168. The Bertz CT molecular complexity index is 1230. The molecular formula is C26H34F2N6O4S. The third kappa shape index (κ3) is 5.27. The molecule has 2 saturated carbocycles. The lowest BCUT2D eigenvalue weighted by atomic mass is 10.1. The number of aliphatic hydroxyl groups excluding tert-OH is 1. The summed E-state index contributed by atoms with van der Waals surface area (Å²) in [4.78, 5) is 9.68. The molecule has 2 aliphatic carbocycles. The Balaban J connectivity index is 1.26. The number of anilines is 3. The standard InChI is InChI=1S/C26H34F2N6O4S/c1-4-9-39-25-30-23(29-17-11-14(17)13-5-6-15(27)16(28)10-13)20-24(31-25)34(33-32-20)18-12-19(36-8-7-35)22-21(18)37-26(2,3)38-22/h5-6,10,14,17-19,21-22,32-33,35H,4,7-9,11-12H2,1-3H3,(H,29,30,31)/t14-,17+,18+,19-,21-,22+/m0/s1. The molecule has 1 saturated heterocycles. The van der Waals surface area contributed by atoms with Gasteiger partial charge in [0.1, 0.15) is 17.9 Å². The quantitative estimate of drug-likeness (QED) is 0.251. The van der Waals surface area contributed by atoms with E-state index < -0.39 is 17.4 Å². The molecule has 4 N–H and O–H groups in total. The van der Waals surface area contributed by atoms with Gasteiger partial charge in [0.2, 0.25) is 0 Å². The zero-order chi connectivity index (χ0) is 27.3. The van der Waals surface area contributed by atoms with Crippen molar-refractivity contribution in [2.24, 2.45) is 0 Å². The SMILES string of the molecule is CCCSc1nc(N[C@@H]2C[C@H]2c2ccc(F)c(F)c2)c2c(n1)N([C@@H]1C[C@H](OCCO)[C@H]3OC(C)(C)O[C@H]31)NN2. The largest absolute Gasteiger partial charge is 0.394 e. The molecule has 6 atom stereocenters. The van der Waals surface area contributed by atoms with Crippen LogP contribution in [0.3, 0.4) is 0 Å². The number of hydrogen-bond donors (Lipinski definition) is 4. The van der Waals surface area contributed by atoms with Crippen LogP contribution in [0.5, 0.6) is 0 Å². The molecule has 212 valence electrons. The number of nitrogens with one attached hydrogen (secondary N) is 3. The molecule has 3 heterocycles. The Labute approximate surface area is 230 Å². The monoisotopic (exact) mass is 564 g/mol. The van der Waals surface area contributed by atoms with E-state index in [2.05, 4.69) is 23.2 Å². The number of aromatic nitrogens is 2. The first-order valence-electron chi connectivity index (χ1n) is 13.4. The third-order valence-electron chi connectivity index (χ3n) is 7.46. The molecule has 0 amide bonds. The summed E-state index contributed by atoms with van der Waals surface area (Å²) in [6.45, 7) is 6.04. The Morgan fingerprint density at radius 3 is 2.79 bits per heavy atom. The first-order valence-corrected chi connectivity index (χ1v) is 14.4. The number of aliphatic hydroxyl groups is 1. The van der Waals surface area contributed by atoms with Crippen LogP contribution in [0.25, 0.3) is 0 Å². The first-order chi connectivity index (χ1) is 18.8. The van der Waals surface area contributed by atoms with Crippen molar-refractivity contribution in [2.75, 3.05) is 34.7 Å². The number of nitrogens with zero attached hydrogens (tertiary/aromatic N) is 3. The molecule has 2 aromatic rings. The summed E-state index contributed by atoms with van der Waals surface area (Å²) in [5.74, 6) is -0.162. The highest BCUT2D eigenvalue weighted by atomic mass is 32.2. The summed E-state index contributed by atoms with van der Waals surface area (Å²) in [6.07, 6.45) is 1.59. The zero-order valence-corrected chi connectivity index (χ0v) is 22.9. The number of benzene rings is 1. The number of hydrogen-bond acceptors (Lipinski definition) is 11. The number of halogens is 2. The van der Waals surface area contributed by atoms with Crippen molar-refractivity contribution in [3.63, 3.8) is 0 Å². The number of ether oxygens (including phenoxy) is 3. The molecule has 39 heavy (non-hydrogen) atoms. The molecule has 0 spiro atoms. The Kier molecular flexibility index (Phi) is 7.31. The van der Waals surface area contributed by atoms with Crippen LogP contribution in [0, 0.1) is 11.6 Å². The predicted octanol–water partition coefficient (Wildman–Crippen LogP) is 3.55. The minimum atomic E-state index is -0.844. The van der Waals surface area contributed by atoms with Gasteiger partial charge in [0, 0.05) is 24.1 Å². The summed E-state index contributed by atoms with van der Waals surface area (Å²) in [6, 6.07) is 3.96. The summed E-state index contributed by atoms with van der Waals surface area (Å²) >= 11 is 1.58. The second-order valence-electron chi connectivity index (χ2n) is 10.8. The van der Waals surface area contributed by atoms with Gasteiger partial charge in [-0.2, -0.15) is 0 Å². The summed E-state index contributed by atoms with van der Waals surface area (Å²) in [5.41, 5.74) is 7.96. The highest BCUT2D eigenvalue weighted by Gasteiger charge is 2.57. The maximum absolute atomic E-state index is 13.8. The van der Waals surface area contributed by atoms with Gasteiger partial charge in [-0.15, -0.1) is 5.53 Å². The summed E-state index contributed by atoms with van der Waals surface area (Å²) < 4.78 is 45.7. The van der Waals surface area contributed by atoms with Gasteiger partial charge in [-0.25, -0.2) is 18.7 Å². The number of thioether (sulfide) groups is 1. The van der Waals surface area contributed by atoms with Crippen molar-refractivity contribution in [3.8, 4) is 0 Å². The van der Waals surface area contributed by atoms with E-state index in [0.29, 0.717) is 28.9 Å². The number of hydrazine groups is 2. The molecule has 0 unspecified atom stereocenters. The van der Waals surface area contributed by atoms with Gasteiger partial charge in [-0.3, -0.25) is 10.4 Å². The van der Waals surface area contributed by atoms with Gasteiger partial charge >= 0.3 is 0 Å². The molecule has 0 radical (unpaired) electrons. The molecule has 1 aromatic heterocycles. The second kappa shape index (κ2) is 10.6. The van der Waals surface area contributed by atoms with E-state index >= 15 is 0 Å². The van der Waals surface area contributed by atoms with Gasteiger partial charge in [0.15, 0.2) is 34.2 Å². The third-order valence-corrected chi connectivity index (χ3v) is 8.51. The van der Waals surface area contributed by atoms with Crippen molar-refractivity contribution >= 4 is 29.1 Å². The Morgan fingerprint density at radius 2 is 2.03 bits per heavy atom. The highest BCUT2D eigenvalue weighted by molar-refractivity contribution is 7.99. The zero-order valence-electron chi connectivity index (χ0n) is 22.1. The number of fused-ring (bicyclic) bond motifs is 2. The van der Waals surface area contributed by atoms with Crippen LogP contribution >= 0.6 is 11.8 Å². The van der Waals surface area contributed by atoms with Crippen LogP contribution in [0.1, 0.15) is 51.5 Å². The predicted molar refractivity (Wildman–Crippen MR) is 142 cm³/mol. The molecule has 4 aliphatic rings. The van der Waals surface area contributed by atoms with Crippen molar-refractivity contribution in [2.45, 2.75) is 87.3 Å². The van der Waals surface area contributed by atoms with Crippen LogP contribution in [0.4, 0.5) is 26.1 Å². The normalized spacial score (nSPS) is 30.3. The van der Waals surface area contributed by atoms with Gasteiger partial charge in [0.05, 0.1) is 25.4 Å². The van der Waals surface area contributed by atoms with Crippen LogP contribution in [-0.4, -0.2) is 70.2 Å². The van der Waals surface area contributed by atoms with E-state index in [0.717, 1.165) is 24.2 Å². The van der Waals surface area contributed by atoms with E-state index in [-0.39, 0.29) is 49.5 Å². The maximum atomic E-state index is 13.8. The van der Waals surface area contributed by atoms with Crippen LogP contribution in [-0.2, 0) is 14.2 Å². The van der Waals surface area contributed by atoms with Crippen LogP contribution in [0.15, 0.2) is 23.4 Å². The van der Waals surface area contributed by atoms with Crippen molar-refractivity contribution in [1.29, 1.82) is 0 Å².